The molecule has 5 heteroatoms. The molecular weight excluding hydrogens is 415 g/mol. The van der Waals surface area contributed by atoms with E-state index < -0.39 is 25.3 Å². The molecule has 4 nitrogen and oxygen atoms in total. The number of rotatable bonds is 5. The standard InChI is InChI=1S/C27H29N2O2P/c1-26(2,3)31-25(30)24-27(4,21-14-8-5-9-15-21)29(20-28-24)32(22-16-10-6-11-17-22)23-18-12-7-13-19-23/h5-20,24H,1-4H3/t24-,27-/m0/s1. The van der Waals surface area contributed by atoms with Crippen molar-refractivity contribution in [3.8, 4) is 0 Å². The fraction of sp³-hybridized carbons (Fsp3) is 0.259. The van der Waals surface area contributed by atoms with Crippen LogP contribution in [-0.4, -0.2) is 28.6 Å². The van der Waals surface area contributed by atoms with Crippen molar-refractivity contribution in [2.45, 2.75) is 44.9 Å². The van der Waals surface area contributed by atoms with Gasteiger partial charge in [0.2, 0.25) is 0 Å². The molecule has 4 rings (SSSR count). The van der Waals surface area contributed by atoms with Gasteiger partial charge in [-0.05, 0) is 33.3 Å². The van der Waals surface area contributed by atoms with Crippen LogP contribution in [0.3, 0.4) is 0 Å². The Balaban J connectivity index is 1.86. The van der Waals surface area contributed by atoms with Gasteiger partial charge in [0.1, 0.15) is 11.1 Å². The first-order valence-corrected chi connectivity index (χ1v) is 12.1. The summed E-state index contributed by atoms with van der Waals surface area (Å²) in [6, 6.07) is 30.4. The molecule has 1 heterocycles. The molecule has 0 bridgehead atoms. The molecule has 0 spiro atoms. The minimum Gasteiger partial charge on any atom is -0.458 e. The first-order valence-electron chi connectivity index (χ1n) is 10.8. The van der Waals surface area contributed by atoms with Crippen molar-refractivity contribution in [2.24, 2.45) is 4.99 Å². The van der Waals surface area contributed by atoms with Crippen LogP contribution in [0.5, 0.6) is 0 Å². The zero-order chi connectivity index (χ0) is 22.8. The van der Waals surface area contributed by atoms with Crippen molar-refractivity contribution >= 4 is 31.0 Å². The number of ether oxygens (including phenoxy) is 1. The Bertz CT molecular complexity index is 1040. The van der Waals surface area contributed by atoms with Crippen LogP contribution < -0.4 is 10.6 Å². The van der Waals surface area contributed by atoms with E-state index in [-0.39, 0.29) is 5.97 Å². The summed E-state index contributed by atoms with van der Waals surface area (Å²) in [4.78, 5) is 18.1. The van der Waals surface area contributed by atoms with E-state index in [1.165, 1.54) is 10.6 Å². The van der Waals surface area contributed by atoms with Crippen molar-refractivity contribution in [3.05, 3.63) is 96.6 Å². The van der Waals surface area contributed by atoms with E-state index in [0.717, 1.165) is 5.56 Å². The van der Waals surface area contributed by atoms with Crippen molar-refractivity contribution in [1.29, 1.82) is 0 Å². The molecular formula is C27H29N2O2P. The van der Waals surface area contributed by atoms with Gasteiger partial charge in [-0.25, -0.2) is 4.79 Å². The summed E-state index contributed by atoms with van der Waals surface area (Å²) in [5, 5.41) is 2.40. The van der Waals surface area contributed by atoms with Crippen LogP contribution >= 0.6 is 8.07 Å². The lowest BCUT2D eigenvalue weighted by Crippen LogP contribution is -2.50. The van der Waals surface area contributed by atoms with E-state index in [1.54, 1.807) is 0 Å². The van der Waals surface area contributed by atoms with E-state index in [0.29, 0.717) is 0 Å². The molecule has 0 N–H and O–H groups in total. The molecule has 0 radical (unpaired) electrons. The summed E-state index contributed by atoms with van der Waals surface area (Å²) in [5.74, 6) is -0.307. The summed E-state index contributed by atoms with van der Waals surface area (Å²) in [6.07, 6.45) is 1.85. The van der Waals surface area contributed by atoms with Gasteiger partial charge in [-0.2, -0.15) is 0 Å². The lowest BCUT2D eigenvalue weighted by Gasteiger charge is -2.43. The molecule has 0 aliphatic carbocycles. The van der Waals surface area contributed by atoms with Crippen molar-refractivity contribution in [2.75, 3.05) is 0 Å². The third-order valence-electron chi connectivity index (χ3n) is 5.54. The third-order valence-corrected chi connectivity index (χ3v) is 8.06. The molecule has 0 saturated heterocycles. The summed E-state index contributed by atoms with van der Waals surface area (Å²) in [7, 11) is -0.972. The Morgan fingerprint density at radius 1 is 0.875 bits per heavy atom. The molecule has 0 amide bonds. The minimum absolute atomic E-state index is 0.307. The number of hydrogen-bond acceptors (Lipinski definition) is 4. The van der Waals surface area contributed by atoms with Gasteiger partial charge in [-0.15, -0.1) is 0 Å². The van der Waals surface area contributed by atoms with E-state index in [2.05, 4.69) is 72.3 Å². The topological polar surface area (TPSA) is 41.9 Å². The Kier molecular flexibility index (Phi) is 6.17. The zero-order valence-corrected chi connectivity index (χ0v) is 19.9. The van der Waals surface area contributed by atoms with Crippen LogP contribution in [0.1, 0.15) is 33.3 Å². The van der Waals surface area contributed by atoms with Crippen molar-refractivity contribution in [1.82, 2.24) is 4.67 Å². The molecule has 2 atom stereocenters. The molecule has 32 heavy (non-hydrogen) atoms. The minimum atomic E-state index is -0.972. The third kappa shape index (κ3) is 4.33. The second kappa shape index (κ2) is 8.88. The monoisotopic (exact) mass is 444 g/mol. The number of hydrogen-bond donors (Lipinski definition) is 0. The molecule has 1 aliphatic rings. The van der Waals surface area contributed by atoms with Gasteiger partial charge < -0.3 is 9.41 Å². The molecule has 0 fully saturated rings. The SMILES string of the molecule is CC(C)(C)OC(=O)[C@@H]1N=CN(P(c2ccccc2)c2ccccc2)[C@@]1(C)c1ccccc1. The fourth-order valence-electron chi connectivity index (χ4n) is 4.03. The Hall–Kier alpha value is -2.97. The summed E-state index contributed by atoms with van der Waals surface area (Å²) in [5.41, 5.74) is -0.241. The van der Waals surface area contributed by atoms with E-state index in [9.17, 15) is 4.79 Å². The van der Waals surface area contributed by atoms with Gasteiger partial charge in [-0.3, -0.25) is 4.99 Å². The van der Waals surface area contributed by atoms with Gasteiger partial charge in [0.25, 0.3) is 0 Å². The fourth-order valence-corrected chi connectivity index (χ4v) is 6.54. The maximum atomic E-state index is 13.3. The molecule has 1 aliphatic heterocycles. The number of carbonyl (C=O) groups excluding carboxylic acids is 1. The van der Waals surface area contributed by atoms with Crippen molar-refractivity contribution < 1.29 is 9.53 Å². The lowest BCUT2D eigenvalue weighted by molar-refractivity contribution is -0.158. The molecule has 3 aromatic carbocycles. The molecule has 0 unspecified atom stereocenters. The Morgan fingerprint density at radius 2 is 1.34 bits per heavy atom. The average Bonchev–Trinajstić information content (AvgIpc) is 3.13. The largest absolute Gasteiger partial charge is 0.458 e. The van der Waals surface area contributed by atoms with Crippen LogP contribution in [0.2, 0.25) is 0 Å². The molecule has 3 aromatic rings. The predicted octanol–water partition coefficient (Wildman–Crippen LogP) is 5.00. The molecule has 164 valence electrons. The number of esters is 1. The summed E-state index contributed by atoms with van der Waals surface area (Å²) >= 11 is 0. The normalized spacial score (nSPS) is 20.5. The van der Waals surface area contributed by atoms with Gasteiger partial charge >= 0.3 is 5.97 Å². The number of aliphatic imine (C=N–C) groups is 1. The van der Waals surface area contributed by atoms with Crippen LogP contribution in [0.15, 0.2) is 96.0 Å². The Labute approximate surface area is 191 Å². The highest BCUT2D eigenvalue weighted by molar-refractivity contribution is 7.71. The predicted molar refractivity (Wildman–Crippen MR) is 133 cm³/mol. The smallest absolute Gasteiger partial charge is 0.334 e. The van der Waals surface area contributed by atoms with Crippen molar-refractivity contribution in [3.63, 3.8) is 0 Å². The van der Waals surface area contributed by atoms with Gasteiger partial charge in [0.05, 0.1) is 14.4 Å². The van der Waals surface area contributed by atoms with Crippen LogP contribution in [0.25, 0.3) is 0 Å². The first-order chi connectivity index (χ1) is 15.3. The lowest BCUT2D eigenvalue weighted by atomic mass is 9.85. The van der Waals surface area contributed by atoms with Crippen LogP contribution in [-0.2, 0) is 15.1 Å². The van der Waals surface area contributed by atoms with Gasteiger partial charge in [0, 0.05) is 10.6 Å². The van der Waals surface area contributed by atoms with Gasteiger partial charge in [0.15, 0.2) is 6.04 Å². The zero-order valence-electron chi connectivity index (χ0n) is 19.0. The number of benzene rings is 3. The number of carbonyl (C=O) groups is 1. The Morgan fingerprint density at radius 3 is 1.81 bits per heavy atom. The maximum absolute atomic E-state index is 13.3. The first kappa shape index (κ1) is 22.2. The summed E-state index contributed by atoms with van der Waals surface area (Å²) in [6.45, 7) is 7.77. The highest BCUT2D eigenvalue weighted by atomic mass is 31.1. The highest BCUT2D eigenvalue weighted by Gasteiger charge is 2.52. The van der Waals surface area contributed by atoms with E-state index >= 15 is 0 Å². The second-order valence-corrected chi connectivity index (χ2v) is 11.1. The van der Waals surface area contributed by atoms with E-state index in [4.69, 9.17) is 9.73 Å². The molecule has 0 saturated carbocycles. The maximum Gasteiger partial charge on any atom is 0.334 e. The summed E-state index contributed by atoms with van der Waals surface area (Å²) < 4.78 is 8.08. The second-order valence-electron chi connectivity index (χ2n) is 9.04. The highest BCUT2D eigenvalue weighted by Crippen LogP contribution is 2.51. The number of nitrogens with zero attached hydrogens (tertiary/aromatic N) is 2. The molecule has 0 aromatic heterocycles. The van der Waals surface area contributed by atoms with E-state index in [1.807, 2.05) is 57.4 Å². The van der Waals surface area contributed by atoms with Crippen LogP contribution in [0, 0.1) is 0 Å². The quantitative estimate of drug-likeness (QED) is 0.411. The van der Waals surface area contributed by atoms with Gasteiger partial charge in [-0.1, -0.05) is 91.0 Å². The average molecular weight is 445 g/mol. The van der Waals surface area contributed by atoms with Crippen LogP contribution in [0.4, 0.5) is 0 Å².